The van der Waals surface area contributed by atoms with E-state index in [1.165, 1.54) is 0 Å². The number of ether oxygens (including phenoxy) is 3. The molecular weight excluding hydrogens is 206 g/mol. The van der Waals surface area contributed by atoms with E-state index in [4.69, 9.17) is 19.9 Å². The summed E-state index contributed by atoms with van der Waals surface area (Å²) in [4.78, 5) is 0. The first-order chi connectivity index (χ1) is 7.86. The fourth-order valence-electron chi connectivity index (χ4n) is 2.31. The van der Waals surface area contributed by atoms with Gasteiger partial charge in [-0.3, -0.25) is 0 Å². The molecule has 2 unspecified atom stereocenters. The molecule has 0 spiro atoms. The maximum Gasteiger partial charge on any atom is 0.0621 e. The van der Waals surface area contributed by atoms with E-state index in [1.807, 2.05) is 0 Å². The quantitative estimate of drug-likeness (QED) is 0.757. The molecule has 0 aromatic carbocycles. The summed E-state index contributed by atoms with van der Waals surface area (Å²) < 4.78 is 16.3. The molecule has 4 heteroatoms. The van der Waals surface area contributed by atoms with Gasteiger partial charge in [0, 0.05) is 38.4 Å². The van der Waals surface area contributed by atoms with Crippen molar-refractivity contribution in [3.05, 3.63) is 0 Å². The van der Waals surface area contributed by atoms with Gasteiger partial charge in [-0.25, -0.2) is 0 Å². The molecule has 0 aromatic rings. The van der Waals surface area contributed by atoms with Crippen LogP contribution in [0.1, 0.15) is 19.3 Å². The van der Waals surface area contributed by atoms with Crippen molar-refractivity contribution < 1.29 is 14.2 Å². The second kappa shape index (κ2) is 6.55. The number of nitrogens with two attached hydrogens (primary N) is 1. The Hall–Kier alpha value is -0.160. The summed E-state index contributed by atoms with van der Waals surface area (Å²) in [5, 5.41) is 0. The Balaban J connectivity index is 1.56. The zero-order valence-electron chi connectivity index (χ0n) is 9.90. The van der Waals surface area contributed by atoms with Gasteiger partial charge in [-0.2, -0.15) is 0 Å². The third kappa shape index (κ3) is 3.70. The van der Waals surface area contributed by atoms with Crippen molar-refractivity contribution in [3.8, 4) is 0 Å². The fraction of sp³-hybridized carbons (Fsp3) is 1.00. The van der Waals surface area contributed by atoms with Gasteiger partial charge >= 0.3 is 0 Å². The topological polar surface area (TPSA) is 53.7 Å². The van der Waals surface area contributed by atoms with Crippen molar-refractivity contribution in [2.45, 2.75) is 25.3 Å². The highest BCUT2D eigenvalue weighted by molar-refractivity contribution is 4.76. The van der Waals surface area contributed by atoms with Gasteiger partial charge in [0.2, 0.25) is 0 Å². The Kier molecular flexibility index (Phi) is 5.03. The van der Waals surface area contributed by atoms with Crippen LogP contribution in [0.25, 0.3) is 0 Å². The van der Waals surface area contributed by atoms with E-state index < -0.39 is 0 Å². The first kappa shape index (κ1) is 12.3. The van der Waals surface area contributed by atoms with Gasteiger partial charge in [0.05, 0.1) is 13.2 Å². The molecule has 0 bridgehead atoms. The maximum atomic E-state index is 6.06. The van der Waals surface area contributed by atoms with E-state index in [1.54, 1.807) is 0 Å². The standard InChI is InChI=1S/C12H23NO3/c13-12(11-3-6-15-8-11)9-16-7-10-1-4-14-5-2-10/h10-12H,1-9,13H2. The van der Waals surface area contributed by atoms with Gasteiger partial charge in [0.15, 0.2) is 0 Å². The molecule has 2 N–H and O–H groups in total. The largest absolute Gasteiger partial charge is 0.381 e. The van der Waals surface area contributed by atoms with Crippen molar-refractivity contribution in [1.29, 1.82) is 0 Å². The van der Waals surface area contributed by atoms with Gasteiger partial charge < -0.3 is 19.9 Å². The SMILES string of the molecule is NC(COCC1CCOCC1)C1CCOC1. The lowest BCUT2D eigenvalue weighted by molar-refractivity contribution is 0.0136. The highest BCUT2D eigenvalue weighted by Gasteiger charge is 2.23. The van der Waals surface area contributed by atoms with E-state index in [-0.39, 0.29) is 6.04 Å². The van der Waals surface area contributed by atoms with Crippen LogP contribution in [0.2, 0.25) is 0 Å². The Bertz CT molecular complexity index is 189. The monoisotopic (exact) mass is 229 g/mol. The molecule has 0 aromatic heterocycles. The van der Waals surface area contributed by atoms with E-state index in [9.17, 15) is 0 Å². The number of hydrogen-bond acceptors (Lipinski definition) is 4. The van der Waals surface area contributed by atoms with Crippen molar-refractivity contribution in [1.82, 2.24) is 0 Å². The summed E-state index contributed by atoms with van der Waals surface area (Å²) >= 11 is 0. The summed E-state index contributed by atoms with van der Waals surface area (Å²) in [6, 6.07) is 0.141. The molecule has 2 fully saturated rings. The Morgan fingerprint density at radius 1 is 1.12 bits per heavy atom. The molecule has 2 aliphatic heterocycles. The minimum Gasteiger partial charge on any atom is -0.381 e. The van der Waals surface area contributed by atoms with Crippen LogP contribution in [0.4, 0.5) is 0 Å². The predicted molar refractivity (Wildman–Crippen MR) is 61.3 cm³/mol. The van der Waals surface area contributed by atoms with E-state index in [2.05, 4.69) is 0 Å². The lowest BCUT2D eigenvalue weighted by Gasteiger charge is -2.23. The summed E-state index contributed by atoms with van der Waals surface area (Å²) in [7, 11) is 0. The molecule has 0 amide bonds. The first-order valence-electron chi connectivity index (χ1n) is 6.35. The molecule has 2 saturated heterocycles. The van der Waals surface area contributed by atoms with E-state index in [0.29, 0.717) is 18.4 Å². The molecule has 2 rings (SSSR count). The fourth-order valence-corrected chi connectivity index (χ4v) is 2.31. The van der Waals surface area contributed by atoms with Crippen LogP contribution in [-0.2, 0) is 14.2 Å². The third-order valence-electron chi connectivity index (χ3n) is 3.58. The van der Waals surface area contributed by atoms with Crippen molar-refractivity contribution in [2.75, 3.05) is 39.6 Å². The molecule has 0 aliphatic carbocycles. The summed E-state index contributed by atoms with van der Waals surface area (Å²) in [5.41, 5.74) is 6.06. The van der Waals surface area contributed by atoms with Gasteiger partial charge in [0.25, 0.3) is 0 Å². The molecular formula is C12H23NO3. The summed E-state index contributed by atoms with van der Waals surface area (Å²) in [6.45, 7) is 4.95. The molecule has 4 nitrogen and oxygen atoms in total. The summed E-state index contributed by atoms with van der Waals surface area (Å²) in [6.07, 6.45) is 3.34. The molecule has 0 saturated carbocycles. The van der Waals surface area contributed by atoms with E-state index >= 15 is 0 Å². The average Bonchev–Trinajstić information content (AvgIpc) is 2.84. The number of hydrogen-bond donors (Lipinski definition) is 1. The molecule has 2 heterocycles. The van der Waals surface area contributed by atoms with Gasteiger partial charge in [-0.05, 0) is 25.2 Å². The lowest BCUT2D eigenvalue weighted by Crippen LogP contribution is -2.36. The zero-order valence-corrected chi connectivity index (χ0v) is 9.90. The van der Waals surface area contributed by atoms with Gasteiger partial charge in [0.1, 0.15) is 0 Å². The van der Waals surface area contributed by atoms with Crippen LogP contribution in [0, 0.1) is 11.8 Å². The average molecular weight is 229 g/mol. The normalized spacial score (nSPS) is 29.4. The smallest absolute Gasteiger partial charge is 0.0621 e. The van der Waals surface area contributed by atoms with Crippen LogP contribution in [-0.4, -0.2) is 45.7 Å². The van der Waals surface area contributed by atoms with E-state index in [0.717, 1.165) is 52.3 Å². The second-order valence-electron chi connectivity index (χ2n) is 4.88. The zero-order chi connectivity index (χ0) is 11.2. The minimum absolute atomic E-state index is 0.141. The van der Waals surface area contributed by atoms with Crippen LogP contribution < -0.4 is 5.73 Å². The van der Waals surface area contributed by atoms with Crippen LogP contribution in [0.15, 0.2) is 0 Å². The van der Waals surface area contributed by atoms with Crippen molar-refractivity contribution >= 4 is 0 Å². The molecule has 2 aliphatic rings. The molecule has 16 heavy (non-hydrogen) atoms. The van der Waals surface area contributed by atoms with Crippen LogP contribution in [0.3, 0.4) is 0 Å². The first-order valence-corrected chi connectivity index (χ1v) is 6.35. The maximum absolute atomic E-state index is 6.06. The lowest BCUT2D eigenvalue weighted by atomic mass is 10.00. The second-order valence-corrected chi connectivity index (χ2v) is 4.88. The molecule has 2 atom stereocenters. The van der Waals surface area contributed by atoms with Gasteiger partial charge in [-0.1, -0.05) is 0 Å². The molecule has 94 valence electrons. The van der Waals surface area contributed by atoms with Gasteiger partial charge in [-0.15, -0.1) is 0 Å². The Morgan fingerprint density at radius 3 is 2.56 bits per heavy atom. The highest BCUT2D eigenvalue weighted by atomic mass is 16.5. The Labute approximate surface area is 97.4 Å². The third-order valence-corrected chi connectivity index (χ3v) is 3.58. The van der Waals surface area contributed by atoms with Crippen LogP contribution in [0.5, 0.6) is 0 Å². The minimum atomic E-state index is 0.141. The van der Waals surface area contributed by atoms with Crippen LogP contribution >= 0.6 is 0 Å². The summed E-state index contributed by atoms with van der Waals surface area (Å²) in [5.74, 6) is 1.16. The Morgan fingerprint density at radius 2 is 1.88 bits per heavy atom. The highest BCUT2D eigenvalue weighted by Crippen LogP contribution is 2.17. The molecule has 0 radical (unpaired) electrons. The predicted octanol–water partition coefficient (Wildman–Crippen LogP) is 0.793. The van der Waals surface area contributed by atoms with Crippen molar-refractivity contribution in [3.63, 3.8) is 0 Å². The number of rotatable bonds is 5. The van der Waals surface area contributed by atoms with Crippen molar-refractivity contribution in [2.24, 2.45) is 17.6 Å².